The first kappa shape index (κ1) is 11.7. The van der Waals surface area contributed by atoms with Crippen LogP contribution in [0, 0.1) is 0 Å². The molecule has 0 amide bonds. The Balaban J connectivity index is 1.79. The summed E-state index contributed by atoms with van der Waals surface area (Å²) in [4.78, 5) is 8.26. The van der Waals surface area contributed by atoms with Crippen molar-refractivity contribution in [3.63, 3.8) is 0 Å². The van der Waals surface area contributed by atoms with Crippen LogP contribution in [0.3, 0.4) is 0 Å². The Bertz CT molecular complexity index is 428. The molecule has 0 saturated carbocycles. The minimum absolute atomic E-state index is 0.507. The molecule has 1 aromatic carbocycles. The third kappa shape index (κ3) is 3.64. The first-order chi connectivity index (χ1) is 8.36. The number of aromatic nitrogens is 2. The smallest absolute Gasteiger partial charge is 0.0724 e. The predicted molar refractivity (Wildman–Crippen MR) is 68.6 cm³/mol. The third-order valence-electron chi connectivity index (χ3n) is 2.74. The first-order valence-electron chi connectivity index (χ1n) is 5.87. The minimum atomic E-state index is 0.507. The quantitative estimate of drug-likeness (QED) is 0.852. The zero-order valence-electron chi connectivity index (χ0n) is 10.0. The second-order valence-corrected chi connectivity index (χ2v) is 4.14. The van der Waals surface area contributed by atoms with E-state index in [0.29, 0.717) is 5.92 Å². The van der Waals surface area contributed by atoms with E-state index in [2.05, 4.69) is 46.5 Å². The van der Waals surface area contributed by atoms with Gasteiger partial charge in [-0.1, -0.05) is 37.3 Å². The molecule has 1 aromatic heterocycles. The summed E-state index contributed by atoms with van der Waals surface area (Å²) in [5.41, 5.74) is 2.34. The van der Waals surface area contributed by atoms with E-state index in [1.807, 2.05) is 6.07 Å². The molecule has 0 fully saturated rings. The highest BCUT2D eigenvalue weighted by Gasteiger charge is 2.03. The second-order valence-electron chi connectivity index (χ2n) is 4.14. The van der Waals surface area contributed by atoms with Crippen molar-refractivity contribution in [2.45, 2.75) is 19.4 Å². The summed E-state index contributed by atoms with van der Waals surface area (Å²) >= 11 is 0. The summed E-state index contributed by atoms with van der Waals surface area (Å²) in [6.07, 6.45) is 5.20. The van der Waals surface area contributed by atoms with Crippen molar-refractivity contribution in [3.8, 4) is 0 Å². The topological polar surface area (TPSA) is 37.8 Å². The van der Waals surface area contributed by atoms with Crippen molar-refractivity contribution in [3.05, 3.63) is 60.2 Å². The summed E-state index contributed by atoms with van der Waals surface area (Å²) in [6.45, 7) is 3.94. The van der Waals surface area contributed by atoms with Crippen molar-refractivity contribution in [2.75, 3.05) is 6.54 Å². The molecular formula is C14H17N3. The lowest BCUT2D eigenvalue weighted by Crippen LogP contribution is -2.20. The van der Waals surface area contributed by atoms with Crippen LogP contribution in [0.15, 0.2) is 48.9 Å². The predicted octanol–water partition coefficient (Wildman–Crippen LogP) is 2.37. The lowest BCUT2D eigenvalue weighted by atomic mass is 10.0. The van der Waals surface area contributed by atoms with E-state index in [-0.39, 0.29) is 0 Å². The van der Waals surface area contributed by atoms with Gasteiger partial charge in [0, 0.05) is 31.7 Å². The van der Waals surface area contributed by atoms with Crippen LogP contribution in [0.1, 0.15) is 24.1 Å². The Morgan fingerprint density at radius 3 is 2.71 bits per heavy atom. The first-order valence-corrected chi connectivity index (χ1v) is 5.87. The maximum absolute atomic E-state index is 4.22. The Labute approximate surface area is 102 Å². The molecule has 0 aliphatic heterocycles. The Morgan fingerprint density at radius 1 is 1.18 bits per heavy atom. The molecule has 0 bridgehead atoms. The molecule has 0 aliphatic carbocycles. The minimum Gasteiger partial charge on any atom is -0.311 e. The molecular weight excluding hydrogens is 210 g/mol. The van der Waals surface area contributed by atoms with Crippen LogP contribution in [-0.4, -0.2) is 16.5 Å². The van der Waals surface area contributed by atoms with Crippen LogP contribution in [0.5, 0.6) is 0 Å². The van der Waals surface area contributed by atoms with Crippen LogP contribution < -0.4 is 5.32 Å². The van der Waals surface area contributed by atoms with E-state index in [0.717, 1.165) is 18.8 Å². The van der Waals surface area contributed by atoms with Crippen molar-refractivity contribution < 1.29 is 0 Å². The zero-order valence-corrected chi connectivity index (χ0v) is 10.0. The molecule has 0 aliphatic rings. The van der Waals surface area contributed by atoms with Crippen LogP contribution in [0.25, 0.3) is 0 Å². The van der Waals surface area contributed by atoms with E-state index in [1.54, 1.807) is 18.6 Å². The number of nitrogens with zero attached hydrogens (tertiary/aromatic N) is 2. The van der Waals surface area contributed by atoms with Gasteiger partial charge in [0.05, 0.1) is 5.69 Å². The molecule has 17 heavy (non-hydrogen) atoms. The van der Waals surface area contributed by atoms with Gasteiger partial charge in [-0.3, -0.25) is 9.97 Å². The third-order valence-corrected chi connectivity index (χ3v) is 2.74. The molecule has 1 N–H and O–H groups in total. The van der Waals surface area contributed by atoms with Gasteiger partial charge in [0.2, 0.25) is 0 Å². The number of nitrogens with one attached hydrogen (secondary N) is 1. The normalized spacial score (nSPS) is 12.3. The number of hydrogen-bond donors (Lipinski definition) is 1. The fraction of sp³-hybridized carbons (Fsp3) is 0.286. The lowest BCUT2D eigenvalue weighted by Gasteiger charge is -2.12. The SMILES string of the molecule is CC(CNCc1cnccn1)c1ccccc1. The fourth-order valence-electron chi connectivity index (χ4n) is 1.74. The van der Waals surface area contributed by atoms with E-state index < -0.39 is 0 Å². The second kappa shape index (κ2) is 6.11. The molecule has 0 spiro atoms. The highest BCUT2D eigenvalue weighted by atomic mass is 14.9. The van der Waals surface area contributed by atoms with Gasteiger partial charge in [0.1, 0.15) is 0 Å². The summed E-state index contributed by atoms with van der Waals surface area (Å²) < 4.78 is 0. The van der Waals surface area contributed by atoms with E-state index in [4.69, 9.17) is 0 Å². The van der Waals surface area contributed by atoms with Gasteiger partial charge in [-0.05, 0) is 11.5 Å². The van der Waals surface area contributed by atoms with Gasteiger partial charge in [0.15, 0.2) is 0 Å². The van der Waals surface area contributed by atoms with Crippen molar-refractivity contribution in [1.29, 1.82) is 0 Å². The average molecular weight is 227 g/mol. The molecule has 3 nitrogen and oxygen atoms in total. The van der Waals surface area contributed by atoms with Crippen molar-refractivity contribution in [1.82, 2.24) is 15.3 Å². The molecule has 2 rings (SSSR count). The number of benzene rings is 1. The average Bonchev–Trinajstić information content (AvgIpc) is 2.41. The summed E-state index contributed by atoms with van der Waals surface area (Å²) in [7, 11) is 0. The summed E-state index contributed by atoms with van der Waals surface area (Å²) in [5, 5.41) is 3.40. The van der Waals surface area contributed by atoms with Crippen LogP contribution in [0.2, 0.25) is 0 Å². The molecule has 0 saturated heterocycles. The van der Waals surface area contributed by atoms with Gasteiger partial charge < -0.3 is 5.32 Å². The number of rotatable bonds is 5. The standard InChI is InChI=1S/C14H17N3/c1-12(13-5-3-2-4-6-13)9-16-11-14-10-15-7-8-17-14/h2-8,10,12,16H,9,11H2,1H3. The highest BCUT2D eigenvalue weighted by Crippen LogP contribution is 2.12. The monoisotopic (exact) mass is 227 g/mol. The van der Waals surface area contributed by atoms with E-state index in [9.17, 15) is 0 Å². The lowest BCUT2D eigenvalue weighted by molar-refractivity contribution is 0.607. The van der Waals surface area contributed by atoms with Gasteiger partial charge >= 0.3 is 0 Å². The largest absolute Gasteiger partial charge is 0.311 e. The molecule has 88 valence electrons. The fourth-order valence-corrected chi connectivity index (χ4v) is 1.74. The van der Waals surface area contributed by atoms with Gasteiger partial charge in [-0.25, -0.2) is 0 Å². The molecule has 1 unspecified atom stereocenters. The van der Waals surface area contributed by atoms with E-state index >= 15 is 0 Å². The van der Waals surface area contributed by atoms with Gasteiger partial charge in [-0.2, -0.15) is 0 Å². The van der Waals surface area contributed by atoms with Crippen LogP contribution in [0.4, 0.5) is 0 Å². The molecule has 0 radical (unpaired) electrons. The molecule has 1 heterocycles. The van der Waals surface area contributed by atoms with E-state index in [1.165, 1.54) is 5.56 Å². The van der Waals surface area contributed by atoms with Gasteiger partial charge in [-0.15, -0.1) is 0 Å². The zero-order chi connectivity index (χ0) is 11.9. The Morgan fingerprint density at radius 2 is 2.00 bits per heavy atom. The molecule has 2 aromatic rings. The maximum atomic E-state index is 4.22. The van der Waals surface area contributed by atoms with Crippen molar-refractivity contribution >= 4 is 0 Å². The maximum Gasteiger partial charge on any atom is 0.0724 e. The number of hydrogen-bond acceptors (Lipinski definition) is 3. The summed E-state index contributed by atoms with van der Waals surface area (Å²) in [5.74, 6) is 0.507. The molecule has 3 heteroatoms. The van der Waals surface area contributed by atoms with Crippen LogP contribution >= 0.6 is 0 Å². The Hall–Kier alpha value is -1.74. The summed E-state index contributed by atoms with van der Waals surface area (Å²) in [6, 6.07) is 10.5. The highest BCUT2D eigenvalue weighted by molar-refractivity contribution is 5.18. The van der Waals surface area contributed by atoms with Gasteiger partial charge in [0.25, 0.3) is 0 Å². The molecule has 1 atom stereocenters. The van der Waals surface area contributed by atoms with Crippen LogP contribution in [-0.2, 0) is 6.54 Å². The Kier molecular flexibility index (Phi) is 4.22. The van der Waals surface area contributed by atoms with Crippen molar-refractivity contribution in [2.24, 2.45) is 0 Å².